The van der Waals surface area contributed by atoms with Gasteiger partial charge in [-0.05, 0) is 44.4 Å². The van der Waals surface area contributed by atoms with Crippen molar-refractivity contribution in [2.75, 3.05) is 20.2 Å². The van der Waals surface area contributed by atoms with Gasteiger partial charge in [-0.25, -0.2) is 4.79 Å². The molecule has 0 unspecified atom stereocenters. The molecule has 2 heterocycles. The van der Waals surface area contributed by atoms with E-state index in [2.05, 4.69) is 0 Å². The van der Waals surface area contributed by atoms with E-state index in [0.29, 0.717) is 22.3 Å². The Kier molecular flexibility index (Phi) is 7.79. The summed E-state index contributed by atoms with van der Waals surface area (Å²) in [5, 5.41) is 49.7. The average molecular weight is 478 g/mol. The SMILES string of the molecule is Cc1coc2c(C)c3oc(=O)c(CCC(=O)N(C)C[C@@H](O)[C@@H](O)[C@H](O)[C@H](O)CO)c(C)c3cc12. The highest BCUT2D eigenvalue weighted by Gasteiger charge is 2.31. The van der Waals surface area contributed by atoms with E-state index in [0.717, 1.165) is 26.8 Å². The van der Waals surface area contributed by atoms with Gasteiger partial charge in [0.05, 0.1) is 12.9 Å². The van der Waals surface area contributed by atoms with Crippen molar-refractivity contribution in [2.45, 2.75) is 58.0 Å². The van der Waals surface area contributed by atoms with Gasteiger partial charge in [-0.1, -0.05) is 0 Å². The first kappa shape index (κ1) is 25.9. The topological polar surface area (TPSA) is 165 Å². The Morgan fingerprint density at radius 3 is 2.29 bits per heavy atom. The predicted octanol–water partition coefficient (Wildman–Crippen LogP) is 0.291. The Balaban J connectivity index is 1.75. The predicted molar refractivity (Wildman–Crippen MR) is 124 cm³/mol. The van der Waals surface area contributed by atoms with Crippen molar-refractivity contribution in [3.63, 3.8) is 0 Å². The third-order valence-electron chi connectivity index (χ3n) is 6.34. The summed E-state index contributed by atoms with van der Waals surface area (Å²) in [5.41, 5.74) is 3.33. The molecule has 2 aromatic heterocycles. The molecule has 10 nitrogen and oxygen atoms in total. The number of furan rings is 1. The summed E-state index contributed by atoms with van der Waals surface area (Å²) in [6.07, 6.45) is -5.02. The van der Waals surface area contributed by atoms with Crippen LogP contribution in [0.4, 0.5) is 0 Å². The van der Waals surface area contributed by atoms with E-state index in [-0.39, 0.29) is 19.4 Å². The van der Waals surface area contributed by atoms with Gasteiger partial charge < -0.3 is 39.3 Å². The number of likely N-dealkylation sites (N-methyl/N-ethyl adjacent to an activating group) is 1. The van der Waals surface area contributed by atoms with Crippen LogP contribution in [-0.4, -0.2) is 81.0 Å². The number of carbonyl (C=O) groups is 1. The Morgan fingerprint density at radius 1 is 1.00 bits per heavy atom. The first-order valence-corrected chi connectivity index (χ1v) is 11.0. The molecule has 0 aliphatic carbocycles. The van der Waals surface area contributed by atoms with Gasteiger partial charge in [0.2, 0.25) is 5.91 Å². The number of hydrogen-bond acceptors (Lipinski definition) is 9. The largest absolute Gasteiger partial charge is 0.464 e. The number of amides is 1. The normalized spacial score (nSPS) is 15.4. The lowest BCUT2D eigenvalue weighted by molar-refractivity contribution is -0.137. The van der Waals surface area contributed by atoms with Gasteiger partial charge in [-0.3, -0.25) is 4.79 Å². The van der Waals surface area contributed by atoms with Crippen LogP contribution in [0.2, 0.25) is 0 Å². The van der Waals surface area contributed by atoms with Crippen LogP contribution in [-0.2, 0) is 11.2 Å². The first-order valence-electron chi connectivity index (χ1n) is 11.0. The van der Waals surface area contributed by atoms with Gasteiger partial charge in [-0.15, -0.1) is 0 Å². The van der Waals surface area contributed by atoms with Crippen LogP contribution in [0.25, 0.3) is 21.9 Å². The number of nitrogens with zero attached hydrogens (tertiary/aromatic N) is 1. The van der Waals surface area contributed by atoms with E-state index in [1.807, 2.05) is 19.9 Å². The van der Waals surface area contributed by atoms with Crippen molar-refractivity contribution in [1.29, 1.82) is 0 Å². The lowest BCUT2D eigenvalue weighted by atomic mass is 9.98. The molecule has 186 valence electrons. The molecule has 0 bridgehead atoms. The molecule has 3 aromatic rings. The van der Waals surface area contributed by atoms with Crippen LogP contribution in [0.3, 0.4) is 0 Å². The van der Waals surface area contributed by atoms with Gasteiger partial charge >= 0.3 is 5.63 Å². The van der Waals surface area contributed by atoms with Gasteiger partial charge in [0, 0.05) is 41.9 Å². The molecule has 3 rings (SSSR count). The standard InChI is InChI=1S/C24H31NO9/c1-11-10-33-22-13(3)23-16(7-15(11)22)12(2)14(24(32)34-23)5-6-19(29)25(4)8-17(27)20(30)21(31)18(28)9-26/h7,10,17-18,20-21,26-28,30-31H,5-6,8-9H2,1-4H3/t17-,18-,20-,21-/m1/s1. The van der Waals surface area contributed by atoms with E-state index in [1.54, 1.807) is 13.2 Å². The van der Waals surface area contributed by atoms with Crippen LogP contribution in [0.15, 0.2) is 26.0 Å². The van der Waals surface area contributed by atoms with E-state index in [4.69, 9.17) is 13.9 Å². The van der Waals surface area contributed by atoms with E-state index in [9.17, 15) is 30.0 Å². The third kappa shape index (κ3) is 4.86. The van der Waals surface area contributed by atoms with E-state index >= 15 is 0 Å². The Bertz CT molecular complexity index is 1240. The minimum atomic E-state index is -1.78. The quantitative estimate of drug-likeness (QED) is 0.272. The molecular formula is C24H31NO9. The maximum Gasteiger partial charge on any atom is 0.339 e. The number of aliphatic hydroxyl groups is 5. The monoisotopic (exact) mass is 477 g/mol. The molecule has 10 heteroatoms. The van der Waals surface area contributed by atoms with Crippen molar-refractivity contribution < 1.29 is 39.2 Å². The summed E-state index contributed by atoms with van der Waals surface area (Å²) in [5.74, 6) is -0.403. The molecule has 0 spiro atoms. The number of benzene rings is 1. The second kappa shape index (κ2) is 10.2. The maximum absolute atomic E-state index is 12.7. The molecule has 0 aliphatic heterocycles. The maximum atomic E-state index is 12.7. The number of hydrogen-bond donors (Lipinski definition) is 5. The molecule has 1 amide bonds. The lowest BCUT2D eigenvalue weighted by Crippen LogP contribution is -2.50. The third-order valence-corrected chi connectivity index (χ3v) is 6.34. The highest BCUT2D eigenvalue weighted by molar-refractivity contribution is 5.99. The molecular weight excluding hydrogens is 446 g/mol. The molecule has 0 fully saturated rings. The molecule has 0 aliphatic rings. The van der Waals surface area contributed by atoms with Crippen LogP contribution in [0, 0.1) is 20.8 Å². The van der Waals surface area contributed by atoms with Crippen molar-refractivity contribution in [3.8, 4) is 0 Å². The van der Waals surface area contributed by atoms with Crippen molar-refractivity contribution >= 4 is 27.8 Å². The molecule has 4 atom stereocenters. The summed E-state index contributed by atoms with van der Waals surface area (Å²) >= 11 is 0. The fourth-order valence-electron chi connectivity index (χ4n) is 4.08. The lowest BCUT2D eigenvalue weighted by Gasteiger charge is -2.28. The fourth-order valence-corrected chi connectivity index (χ4v) is 4.08. The number of fused-ring (bicyclic) bond motifs is 2. The summed E-state index contributed by atoms with van der Waals surface area (Å²) < 4.78 is 11.2. The van der Waals surface area contributed by atoms with Crippen LogP contribution < -0.4 is 5.63 Å². The fraction of sp³-hybridized carbons (Fsp3) is 0.500. The van der Waals surface area contributed by atoms with E-state index in [1.165, 1.54) is 7.05 Å². The van der Waals surface area contributed by atoms with E-state index < -0.39 is 42.6 Å². The van der Waals surface area contributed by atoms with Crippen LogP contribution >= 0.6 is 0 Å². The van der Waals surface area contributed by atoms with Crippen LogP contribution in [0.1, 0.15) is 28.7 Å². The summed E-state index contributed by atoms with van der Waals surface area (Å²) in [6, 6.07) is 1.91. The second-order valence-corrected chi connectivity index (χ2v) is 8.74. The van der Waals surface area contributed by atoms with Crippen molar-refractivity contribution in [3.05, 3.63) is 45.0 Å². The summed E-state index contributed by atoms with van der Waals surface area (Å²) in [4.78, 5) is 26.5. The second-order valence-electron chi connectivity index (χ2n) is 8.74. The molecule has 0 saturated carbocycles. The van der Waals surface area contributed by atoms with Gasteiger partial charge in [0.25, 0.3) is 0 Å². The van der Waals surface area contributed by atoms with Gasteiger partial charge in [0.1, 0.15) is 35.6 Å². The highest BCUT2D eigenvalue weighted by atomic mass is 16.4. The van der Waals surface area contributed by atoms with Gasteiger partial charge in [0.15, 0.2) is 0 Å². The number of rotatable bonds is 9. The first-order chi connectivity index (χ1) is 16.0. The minimum absolute atomic E-state index is 0.0514. The van der Waals surface area contributed by atoms with Crippen molar-refractivity contribution in [2.24, 2.45) is 0 Å². The van der Waals surface area contributed by atoms with Crippen molar-refractivity contribution in [1.82, 2.24) is 4.90 Å². The number of aliphatic hydroxyl groups excluding tert-OH is 5. The molecule has 5 N–H and O–H groups in total. The Labute approximate surface area is 195 Å². The molecule has 0 radical (unpaired) electrons. The molecule has 34 heavy (non-hydrogen) atoms. The highest BCUT2D eigenvalue weighted by Crippen LogP contribution is 2.32. The smallest absolute Gasteiger partial charge is 0.339 e. The molecule has 1 aromatic carbocycles. The zero-order chi connectivity index (χ0) is 25.3. The number of aryl methyl sites for hydroxylation is 3. The summed E-state index contributed by atoms with van der Waals surface area (Å²) in [6.45, 7) is 4.44. The molecule has 0 saturated heterocycles. The zero-order valence-electron chi connectivity index (χ0n) is 19.6. The average Bonchev–Trinajstić information content (AvgIpc) is 3.18. The number of carbonyl (C=O) groups excluding carboxylic acids is 1. The van der Waals surface area contributed by atoms with Crippen LogP contribution in [0.5, 0.6) is 0 Å². The Morgan fingerprint density at radius 2 is 1.65 bits per heavy atom. The summed E-state index contributed by atoms with van der Waals surface area (Å²) in [7, 11) is 1.41. The van der Waals surface area contributed by atoms with Gasteiger partial charge in [-0.2, -0.15) is 0 Å². The Hall–Kier alpha value is -2.76. The minimum Gasteiger partial charge on any atom is -0.464 e. The zero-order valence-corrected chi connectivity index (χ0v) is 19.6.